The van der Waals surface area contributed by atoms with Crippen molar-refractivity contribution in [2.45, 2.75) is 33.2 Å². The Bertz CT molecular complexity index is 1170. The molecule has 2 aromatic carbocycles. The molecule has 8 heteroatoms. The minimum absolute atomic E-state index is 0.0525. The Labute approximate surface area is 196 Å². The number of para-hydroxylation sites is 2. The van der Waals surface area contributed by atoms with Gasteiger partial charge in [-0.1, -0.05) is 67.3 Å². The van der Waals surface area contributed by atoms with Crippen molar-refractivity contribution < 1.29 is 14.4 Å². The fourth-order valence-corrected chi connectivity index (χ4v) is 5.33. The van der Waals surface area contributed by atoms with Crippen LogP contribution in [0.25, 0.3) is 5.57 Å². The molecule has 2 aromatic rings. The number of aryl methyl sites for hydroxylation is 1. The second-order valence-electron chi connectivity index (χ2n) is 7.78. The highest BCUT2D eigenvalue weighted by molar-refractivity contribution is 8.26. The van der Waals surface area contributed by atoms with Gasteiger partial charge in [0, 0.05) is 17.3 Å². The fraction of sp³-hybridized carbons (Fsp3) is 0.250. The number of thioether (sulfide) groups is 1. The lowest BCUT2D eigenvalue weighted by molar-refractivity contribution is -0.123. The van der Waals surface area contributed by atoms with Gasteiger partial charge < -0.3 is 5.32 Å². The number of hydrogen-bond donors (Lipinski definition) is 1. The van der Waals surface area contributed by atoms with Crippen molar-refractivity contribution >= 4 is 63.0 Å². The van der Waals surface area contributed by atoms with Crippen LogP contribution in [-0.4, -0.2) is 39.5 Å². The van der Waals surface area contributed by atoms with Crippen molar-refractivity contribution in [3.05, 3.63) is 64.6 Å². The SMILES string of the molecule is CC[C@H](C)N1C(=O)/C(=C2/C(=O)N(CC(=O)Nc3ccccc3C)c3ccccc32)SC1=S. The van der Waals surface area contributed by atoms with E-state index in [0.29, 0.717) is 31.7 Å². The first-order valence-corrected chi connectivity index (χ1v) is 11.6. The van der Waals surface area contributed by atoms with E-state index < -0.39 is 0 Å². The van der Waals surface area contributed by atoms with Gasteiger partial charge in [0.25, 0.3) is 11.8 Å². The summed E-state index contributed by atoms with van der Waals surface area (Å²) in [5.41, 5.74) is 3.20. The Balaban J connectivity index is 1.67. The number of nitrogens with one attached hydrogen (secondary N) is 1. The van der Waals surface area contributed by atoms with Gasteiger partial charge in [0.2, 0.25) is 5.91 Å². The zero-order valence-electron chi connectivity index (χ0n) is 18.0. The molecule has 0 bridgehead atoms. The summed E-state index contributed by atoms with van der Waals surface area (Å²) in [7, 11) is 0. The number of fused-ring (bicyclic) bond motifs is 1. The van der Waals surface area contributed by atoms with E-state index in [4.69, 9.17) is 12.2 Å². The first kappa shape index (κ1) is 22.2. The van der Waals surface area contributed by atoms with Crippen LogP contribution in [0.2, 0.25) is 0 Å². The number of nitrogens with zero attached hydrogens (tertiary/aromatic N) is 2. The maximum absolute atomic E-state index is 13.5. The van der Waals surface area contributed by atoms with Crippen LogP contribution in [0.3, 0.4) is 0 Å². The van der Waals surface area contributed by atoms with Gasteiger partial charge in [-0.15, -0.1) is 0 Å². The molecular weight excluding hydrogens is 442 g/mol. The molecule has 2 aliphatic heterocycles. The minimum Gasteiger partial charge on any atom is -0.324 e. The van der Waals surface area contributed by atoms with E-state index in [-0.39, 0.29) is 30.3 Å². The standard InChI is InChI=1S/C24H23N3O3S2/c1-4-15(3)27-23(30)21(32-24(27)31)20-16-10-6-8-12-18(16)26(22(20)29)13-19(28)25-17-11-7-5-9-14(17)2/h5-12,15H,4,13H2,1-3H3,(H,25,28)/b21-20-/t15-/m0/s1. The van der Waals surface area contributed by atoms with Gasteiger partial charge in [0.05, 0.1) is 16.2 Å². The Morgan fingerprint density at radius 1 is 1.09 bits per heavy atom. The third kappa shape index (κ3) is 3.84. The highest BCUT2D eigenvalue weighted by Gasteiger charge is 2.43. The van der Waals surface area contributed by atoms with Crippen LogP contribution in [0.1, 0.15) is 31.4 Å². The molecule has 1 fully saturated rings. The second-order valence-corrected chi connectivity index (χ2v) is 9.42. The average molecular weight is 466 g/mol. The summed E-state index contributed by atoms with van der Waals surface area (Å²) in [5, 5.41) is 2.87. The Hall–Kier alpha value is -2.97. The van der Waals surface area contributed by atoms with E-state index in [0.717, 1.165) is 23.7 Å². The van der Waals surface area contributed by atoms with Crippen LogP contribution in [0, 0.1) is 6.92 Å². The zero-order valence-corrected chi connectivity index (χ0v) is 19.7. The molecule has 1 saturated heterocycles. The van der Waals surface area contributed by atoms with Crippen molar-refractivity contribution in [1.82, 2.24) is 4.90 Å². The average Bonchev–Trinajstić information content (AvgIpc) is 3.21. The van der Waals surface area contributed by atoms with E-state index in [1.165, 1.54) is 4.90 Å². The van der Waals surface area contributed by atoms with E-state index in [1.807, 2.05) is 57.2 Å². The van der Waals surface area contributed by atoms with Gasteiger partial charge in [-0.3, -0.25) is 24.2 Å². The van der Waals surface area contributed by atoms with Gasteiger partial charge >= 0.3 is 0 Å². The number of thiocarbonyl (C=S) groups is 1. The maximum Gasteiger partial charge on any atom is 0.267 e. The summed E-state index contributed by atoms with van der Waals surface area (Å²) in [6, 6.07) is 14.6. The third-order valence-corrected chi connectivity index (χ3v) is 7.10. The summed E-state index contributed by atoms with van der Waals surface area (Å²) in [6.07, 6.45) is 0.755. The van der Waals surface area contributed by atoms with Crippen molar-refractivity contribution in [1.29, 1.82) is 0 Å². The molecule has 4 rings (SSSR count). The van der Waals surface area contributed by atoms with Crippen LogP contribution in [0.4, 0.5) is 11.4 Å². The largest absolute Gasteiger partial charge is 0.324 e. The first-order valence-electron chi connectivity index (χ1n) is 10.4. The Morgan fingerprint density at radius 2 is 1.78 bits per heavy atom. The van der Waals surface area contributed by atoms with Gasteiger partial charge in [0.1, 0.15) is 10.9 Å². The van der Waals surface area contributed by atoms with E-state index in [1.54, 1.807) is 17.0 Å². The van der Waals surface area contributed by atoms with Crippen LogP contribution in [-0.2, 0) is 14.4 Å². The molecule has 2 heterocycles. The summed E-state index contributed by atoms with van der Waals surface area (Å²) in [4.78, 5) is 42.7. The molecule has 1 atom stereocenters. The van der Waals surface area contributed by atoms with Gasteiger partial charge in [-0.2, -0.15) is 0 Å². The molecule has 0 aliphatic carbocycles. The molecule has 0 aromatic heterocycles. The van der Waals surface area contributed by atoms with E-state index in [2.05, 4.69) is 5.32 Å². The highest BCUT2D eigenvalue weighted by Crippen LogP contribution is 2.45. The number of rotatable bonds is 5. The van der Waals surface area contributed by atoms with Crippen LogP contribution in [0.15, 0.2) is 53.4 Å². The second kappa shape index (κ2) is 8.88. The molecule has 0 unspecified atom stereocenters. The molecular formula is C24H23N3O3S2. The molecule has 1 N–H and O–H groups in total. The first-order chi connectivity index (χ1) is 15.3. The summed E-state index contributed by atoms with van der Waals surface area (Å²) in [5.74, 6) is -0.926. The molecule has 0 spiro atoms. The fourth-order valence-electron chi connectivity index (χ4n) is 3.80. The van der Waals surface area contributed by atoms with Crippen molar-refractivity contribution in [2.24, 2.45) is 0 Å². The summed E-state index contributed by atoms with van der Waals surface area (Å²) < 4.78 is 0.452. The van der Waals surface area contributed by atoms with Gasteiger partial charge in [-0.05, 0) is 38.0 Å². The van der Waals surface area contributed by atoms with Crippen LogP contribution in [0.5, 0.6) is 0 Å². The summed E-state index contributed by atoms with van der Waals surface area (Å²) in [6.45, 7) is 5.68. The molecule has 0 saturated carbocycles. The number of benzene rings is 2. The molecule has 6 nitrogen and oxygen atoms in total. The van der Waals surface area contributed by atoms with Gasteiger partial charge in [-0.25, -0.2) is 0 Å². The zero-order chi connectivity index (χ0) is 23.0. The predicted octanol–water partition coefficient (Wildman–Crippen LogP) is 4.35. The normalized spacial score (nSPS) is 18.9. The topological polar surface area (TPSA) is 69.7 Å². The van der Waals surface area contributed by atoms with Crippen LogP contribution >= 0.6 is 24.0 Å². The van der Waals surface area contributed by atoms with Crippen molar-refractivity contribution in [2.75, 3.05) is 16.8 Å². The molecule has 0 radical (unpaired) electrons. The molecule has 164 valence electrons. The molecule has 32 heavy (non-hydrogen) atoms. The van der Waals surface area contributed by atoms with E-state index in [9.17, 15) is 14.4 Å². The monoisotopic (exact) mass is 465 g/mol. The van der Waals surface area contributed by atoms with Crippen molar-refractivity contribution in [3.8, 4) is 0 Å². The quantitative estimate of drug-likeness (QED) is 0.525. The Morgan fingerprint density at radius 3 is 2.50 bits per heavy atom. The number of carbonyl (C=O) groups is 3. The molecule has 3 amide bonds. The molecule has 2 aliphatic rings. The van der Waals surface area contributed by atoms with Crippen LogP contribution < -0.4 is 10.2 Å². The van der Waals surface area contributed by atoms with E-state index >= 15 is 0 Å². The van der Waals surface area contributed by atoms with Gasteiger partial charge in [0.15, 0.2) is 0 Å². The number of hydrogen-bond acceptors (Lipinski definition) is 5. The third-order valence-electron chi connectivity index (χ3n) is 5.70. The predicted molar refractivity (Wildman–Crippen MR) is 132 cm³/mol. The maximum atomic E-state index is 13.5. The minimum atomic E-state index is -0.365. The number of carbonyl (C=O) groups excluding carboxylic acids is 3. The summed E-state index contributed by atoms with van der Waals surface area (Å²) >= 11 is 6.59. The Kier molecular flexibility index (Phi) is 6.17. The number of anilines is 2. The smallest absolute Gasteiger partial charge is 0.267 e. The lowest BCUT2D eigenvalue weighted by Gasteiger charge is -2.21. The van der Waals surface area contributed by atoms with Crippen molar-refractivity contribution in [3.63, 3.8) is 0 Å². The lowest BCUT2D eigenvalue weighted by Crippen LogP contribution is -2.37. The lowest BCUT2D eigenvalue weighted by atomic mass is 10.1. The highest BCUT2D eigenvalue weighted by atomic mass is 32.2. The number of amides is 3.